The molecule has 2 atom stereocenters. The summed E-state index contributed by atoms with van der Waals surface area (Å²) in [5, 5.41) is 3.68. The van der Waals surface area contributed by atoms with Crippen molar-refractivity contribution in [1.82, 2.24) is 25.1 Å². The molecule has 34 heavy (non-hydrogen) atoms. The molecule has 1 aliphatic rings. The van der Waals surface area contributed by atoms with Crippen LogP contribution in [0.25, 0.3) is 10.2 Å². The van der Waals surface area contributed by atoms with E-state index < -0.39 is 0 Å². The number of H-pyrrole nitrogens is 1. The average molecular weight is 500 g/mol. The number of piperazine rings is 1. The average Bonchev–Trinajstić information content (AvgIpc) is 3.12. The highest BCUT2D eigenvalue weighted by molar-refractivity contribution is 7.99. The van der Waals surface area contributed by atoms with Gasteiger partial charge in [-0.3, -0.25) is 14.5 Å². The Kier molecular flexibility index (Phi) is 8.08. The molecular formula is C25H33N5O2S2. The number of nitrogens with one attached hydrogen (secondary N) is 2. The Labute approximate surface area is 209 Å². The van der Waals surface area contributed by atoms with Crippen LogP contribution in [0.5, 0.6) is 0 Å². The maximum absolute atomic E-state index is 13.1. The normalized spacial score (nSPS) is 17.1. The van der Waals surface area contributed by atoms with Crippen LogP contribution in [-0.2, 0) is 10.5 Å². The summed E-state index contributed by atoms with van der Waals surface area (Å²) in [4.78, 5) is 39.8. The summed E-state index contributed by atoms with van der Waals surface area (Å²) in [5.74, 6) is 1.09. The second kappa shape index (κ2) is 11.0. The minimum atomic E-state index is -0.272. The Morgan fingerprint density at radius 2 is 1.91 bits per heavy atom. The number of hydrogen-bond donors (Lipinski definition) is 2. The van der Waals surface area contributed by atoms with Crippen molar-refractivity contribution in [3.63, 3.8) is 0 Å². The van der Waals surface area contributed by atoms with E-state index in [0.717, 1.165) is 53.6 Å². The maximum atomic E-state index is 13.1. The molecule has 1 fully saturated rings. The van der Waals surface area contributed by atoms with E-state index in [0.29, 0.717) is 17.0 Å². The quantitative estimate of drug-likeness (QED) is 0.495. The molecule has 0 spiro atoms. The number of carbonyl (C=O) groups is 1. The summed E-state index contributed by atoms with van der Waals surface area (Å²) in [6.45, 7) is 10.8. The first-order chi connectivity index (χ1) is 16.3. The zero-order valence-electron chi connectivity index (χ0n) is 20.3. The topological polar surface area (TPSA) is 81.3 Å². The lowest BCUT2D eigenvalue weighted by Crippen LogP contribution is -2.48. The molecule has 4 rings (SSSR count). The highest BCUT2D eigenvalue weighted by Gasteiger charge is 2.24. The number of aromatic nitrogens is 2. The van der Waals surface area contributed by atoms with Crippen molar-refractivity contribution >= 4 is 39.2 Å². The summed E-state index contributed by atoms with van der Waals surface area (Å²) in [5.41, 5.74) is 2.01. The third-order valence-electron chi connectivity index (χ3n) is 6.48. The standard InChI is InChI=1S/C25H33N5O2S2/c1-16-17(2)34-25-22(16)24(32)27-21(28-25)15-33-18(3)23(31)26-20(19-8-6-5-7-9-19)14-30-12-10-29(4)11-13-30/h5-9,18,20H,10-15H2,1-4H3,(H,26,31)(H,27,28,32). The fourth-order valence-corrected chi connectivity index (χ4v) is 5.96. The number of aryl methyl sites for hydroxylation is 2. The van der Waals surface area contributed by atoms with E-state index in [1.54, 1.807) is 11.3 Å². The molecule has 0 aliphatic carbocycles. The molecule has 7 nitrogen and oxygen atoms in total. The van der Waals surface area contributed by atoms with Gasteiger partial charge in [0.15, 0.2) is 0 Å². The Balaban J connectivity index is 1.40. The van der Waals surface area contributed by atoms with E-state index in [1.165, 1.54) is 11.8 Å². The molecular weight excluding hydrogens is 466 g/mol. The number of aromatic amines is 1. The van der Waals surface area contributed by atoms with Gasteiger partial charge in [0.05, 0.1) is 22.4 Å². The van der Waals surface area contributed by atoms with Crippen molar-refractivity contribution in [2.24, 2.45) is 0 Å². The fourth-order valence-electron chi connectivity index (χ4n) is 4.14. The van der Waals surface area contributed by atoms with Crippen molar-refractivity contribution in [3.8, 4) is 0 Å². The van der Waals surface area contributed by atoms with Gasteiger partial charge in [0, 0.05) is 37.6 Å². The molecule has 0 radical (unpaired) electrons. The zero-order valence-corrected chi connectivity index (χ0v) is 21.9. The summed E-state index contributed by atoms with van der Waals surface area (Å²) >= 11 is 3.03. The van der Waals surface area contributed by atoms with Gasteiger partial charge >= 0.3 is 0 Å². The molecule has 0 saturated carbocycles. The minimum Gasteiger partial charge on any atom is -0.347 e. The van der Waals surface area contributed by atoms with Crippen LogP contribution in [0, 0.1) is 13.8 Å². The number of likely N-dealkylation sites (N-methyl/N-ethyl adjacent to an activating group) is 1. The summed E-state index contributed by atoms with van der Waals surface area (Å²) in [6, 6.07) is 10.1. The van der Waals surface area contributed by atoms with Crippen molar-refractivity contribution in [1.29, 1.82) is 0 Å². The number of fused-ring (bicyclic) bond motifs is 1. The molecule has 2 aromatic heterocycles. The number of hydrogen-bond acceptors (Lipinski definition) is 7. The summed E-state index contributed by atoms with van der Waals surface area (Å²) in [7, 11) is 2.15. The maximum Gasteiger partial charge on any atom is 0.259 e. The lowest BCUT2D eigenvalue weighted by Gasteiger charge is -2.35. The molecule has 182 valence electrons. The number of rotatable bonds is 8. The number of amides is 1. The molecule has 1 saturated heterocycles. The first-order valence-corrected chi connectivity index (χ1v) is 13.5. The van der Waals surface area contributed by atoms with Gasteiger partial charge < -0.3 is 15.2 Å². The minimum absolute atomic E-state index is 0.000724. The number of carbonyl (C=O) groups excluding carboxylic acids is 1. The number of thioether (sulfide) groups is 1. The van der Waals surface area contributed by atoms with Crippen LogP contribution in [0.15, 0.2) is 35.1 Å². The molecule has 2 N–H and O–H groups in total. The molecule has 2 unspecified atom stereocenters. The van der Waals surface area contributed by atoms with Crippen LogP contribution in [0.1, 0.15) is 34.8 Å². The Morgan fingerprint density at radius 1 is 1.21 bits per heavy atom. The van der Waals surface area contributed by atoms with Gasteiger partial charge in [-0.15, -0.1) is 23.1 Å². The Bertz CT molecular complexity index is 1190. The van der Waals surface area contributed by atoms with Gasteiger partial charge in [-0.25, -0.2) is 4.98 Å². The van der Waals surface area contributed by atoms with Gasteiger partial charge in [0.25, 0.3) is 5.56 Å². The predicted molar refractivity (Wildman–Crippen MR) is 142 cm³/mol. The van der Waals surface area contributed by atoms with Crippen molar-refractivity contribution in [2.45, 2.75) is 37.8 Å². The summed E-state index contributed by atoms with van der Waals surface area (Å²) in [6.07, 6.45) is 0. The molecule has 1 aromatic carbocycles. The van der Waals surface area contributed by atoms with Crippen LogP contribution in [-0.4, -0.2) is 70.7 Å². The SMILES string of the molecule is Cc1sc2nc(CSC(C)C(=O)NC(CN3CCN(C)CC3)c3ccccc3)[nH]c(=O)c2c1C. The van der Waals surface area contributed by atoms with E-state index in [9.17, 15) is 9.59 Å². The fraction of sp³-hybridized carbons (Fsp3) is 0.480. The van der Waals surface area contributed by atoms with Gasteiger partial charge in [0.2, 0.25) is 5.91 Å². The van der Waals surface area contributed by atoms with Crippen LogP contribution in [0.3, 0.4) is 0 Å². The predicted octanol–water partition coefficient (Wildman–Crippen LogP) is 3.33. The first kappa shape index (κ1) is 24.9. The molecule has 9 heteroatoms. The lowest BCUT2D eigenvalue weighted by atomic mass is 10.1. The second-order valence-electron chi connectivity index (χ2n) is 9.00. The van der Waals surface area contributed by atoms with E-state index >= 15 is 0 Å². The molecule has 1 aliphatic heterocycles. The Morgan fingerprint density at radius 3 is 2.62 bits per heavy atom. The van der Waals surface area contributed by atoms with Crippen LogP contribution in [0.2, 0.25) is 0 Å². The third kappa shape index (κ3) is 5.89. The van der Waals surface area contributed by atoms with E-state index in [2.05, 4.69) is 44.3 Å². The van der Waals surface area contributed by atoms with Gasteiger partial charge in [-0.1, -0.05) is 30.3 Å². The van der Waals surface area contributed by atoms with Crippen LogP contribution >= 0.6 is 23.1 Å². The van der Waals surface area contributed by atoms with Crippen molar-refractivity contribution in [2.75, 3.05) is 39.8 Å². The molecule has 3 heterocycles. The number of thiophene rings is 1. The van der Waals surface area contributed by atoms with E-state index in [1.807, 2.05) is 39.0 Å². The second-order valence-corrected chi connectivity index (χ2v) is 11.5. The number of benzene rings is 1. The van der Waals surface area contributed by atoms with E-state index in [-0.39, 0.29) is 22.8 Å². The number of nitrogens with zero attached hydrogens (tertiary/aromatic N) is 3. The van der Waals surface area contributed by atoms with Crippen LogP contribution < -0.4 is 10.9 Å². The largest absolute Gasteiger partial charge is 0.347 e. The highest BCUT2D eigenvalue weighted by Crippen LogP contribution is 2.27. The van der Waals surface area contributed by atoms with E-state index in [4.69, 9.17) is 0 Å². The smallest absolute Gasteiger partial charge is 0.259 e. The Hall–Kier alpha value is -2.20. The molecule has 0 bridgehead atoms. The lowest BCUT2D eigenvalue weighted by molar-refractivity contribution is -0.121. The highest BCUT2D eigenvalue weighted by atomic mass is 32.2. The molecule has 1 amide bonds. The van der Waals surface area contributed by atoms with Crippen LogP contribution in [0.4, 0.5) is 0 Å². The zero-order chi connectivity index (χ0) is 24.2. The summed E-state index contributed by atoms with van der Waals surface area (Å²) < 4.78 is 0. The first-order valence-electron chi connectivity index (χ1n) is 11.7. The van der Waals surface area contributed by atoms with Gasteiger partial charge in [-0.05, 0) is 38.9 Å². The van der Waals surface area contributed by atoms with Crippen molar-refractivity contribution in [3.05, 3.63) is 62.5 Å². The van der Waals surface area contributed by atoms with Gasteiger partial charge in [0.1, 0.15) is 10.7 Å². The molecule has 3 aromatic rings. The van der Waals surface area contributed by atoms with Gasteiger partial charge in [-0.2, -0.15) is 0 Å². The third-order valence-corrected chi connectivity index (χ3v) is 8.74. The monoisotopic (exact) mass is 499 g/mol. The van der Waals surface area contributed by atoms with Crippen molar-refractivity contribution < 1.29 is 4.79 Å².